The summed E-state index contributed by atoms with van der Waals surface area (Å²) in [5.41, 5.74) is 6.98. The average molecular weight is 331 g/mol. The van der Waals surface area contributed by atoms with Gasteiger partial charge in [0.05, 0.1) is 5.56 Å². The zero-order valence-corrected chi connectivity index (χ0v) is 13.3. The van der Waals surface area contributed by atoms with Crippen LogP contribution in [0.4, 0.5) is 5.69 Å². The summed E-state index contributed by atoms with van der Waals surface area (Å²) in [7, 11) is 1.84. The van der Waals surface area contributed by atoms with E-state index in [1.54, 1.807) is 28.8 Å². The molecule has 0 fully saturated rings. The molecule has 0 aliphatic heterocycles. The van der Waals surface area contributed by atoms with Gasteiger partial charge in [0.15, 0.2) is 0 Å². The van der Waals surface area contributed by atoms with E-state index < -0.39 is 0 Å². The molecule has 0 aromatic heterocycles. The number of amides is 1. The molecular weight excluding hydrogens is 312 g/mol. The van der Waals surface area contributed by atoms with E-state index >= 15 is 0 Å². The third-order valence-corrected chi connectivity index (χ3v) is 4.15. The average Bonchev–Trinajstić information content (AvgIpc) is 2.34. The highest BCUT2D eigenvalue weighted by atomic mass is 79.9. The Balaban J connectivity index is 2.91. The minimum absolute atomic E-state index is 0.0131. The number of rotatable bonds is 5. The Morgan fingerprint density at radius 3 is 2.72 bits per heavy atom. The number of anilines is 1. The lowest BCUT2D eigenvalue weighted by atomic mass is 10.1. The number of hydrogen-bond donors (Lipinski definition) is 1. The Labute approximate surface area is 121 Å². The quantitative estimate of drug-likeness (QED) is 0.843. The predicted octanol–water partition coefficient (Wildman–Crippen LogP) is 3.24. The predicted molar refractivity (Wildman–Crippen MR) is 83.1 cm³/mol. The molecule has 18 heavy (non-hydrogen) atoms. The number of nitrogens with zero attached hydrogens (tertiary/aromatic N) is 1. The Kier molecular flexibility index (Phi) is 6.02. The molecule has 1 aromatic carbocycles. The maximum atomic E-state index is 12.4. The molecule has 1 rings (SSSR count). The number of thioether (sulfide) groups is 1. The van der Waals surface area contributed by atoms with Crippen molar-refractivity contribution in [3.63, 3.8) is 0 Å². The van der Waals surface area contributed by atoms with E-state index in [0.29, 0.717) is 11.3 Å². The van der Waals surface area contributed by atoms with E-state index in [2.05, 4.69) is 29.1 Å². The van der Waals surface area contributed by atoms with Crippen molar-refractivity contribution < 1.29 is 4.79 Å². The topological polar surface area (TPSA) is 46.3 Å². The lowest BCUT2D eigenvalue weighted by Crippen LogP contribution is -2.38. The van der Waals surface area contributed by atoms with Gasteiger partial charge in [-0.2, -0.15) is 11.8 Å². The first-order valence-corrected chi connectivity index (χ1v) is 8.01. The Morgan fingerprint density at radius 2 is 2.22 bits per heavy atom. The van der Waals surface area contributed by atoms with Gasteiger partial charge in [-0.3, -0.25) is 4.79 Å². The molecule has 0 saturated heterocycles. The molecule has 0 saturated carbocycles. The van der Waals surface area contributed by atoms with E-state index in [4.69, 9.17) is 5.73 Å². The van der Waals surface area contributed by atoms with Gasteiger partial charge in [-0.25, -0.2) is 0 Å². The molecule has 0 aliphatic rings. The fraction of sp³-hybridized carbons (Fsp3) is 0.462. The number of nitrogen functional groups attached to an aromatic ring is 1. The third-order valence-electron chi connectivity index (χ3n) is 2.94. The summed E-state index contributed by atoms with van der Waals surface area (Å²) in [6.45, 7) is 2.09. The third kappa shape index (κ3) is 3.65. The fourth-order valence-corrected chi connectivity index (χ4v) is 3.00. The van der Waals surface area contributed by atoms with Gasteiger partial charge < -0.3 is 10.6 Å². The summed E-state index contributed by atoms with van der Waals surface area (Å²) in [4.78, 5) is 14.2. The van der Waals surface area contributed by atoms with Crippen LogP contribution < -0.4 is 5.73 Å². The molecule has 0 aliphatic carbocycles. The van der Waals surface area contributed by atoms with Crippen LogP contribution in [0, 0.1) is 0 Å². The number of benzene rings is 1. The molecule has 1 unspecified atom stereocenters. The second-order valence-electron chi connectivity index (χ2n) is 4.17. The van der Waals surface area contributed by atoms with Crippen LogP contribution in [0.5, 0.6) is 0 Å². The zero-order valence-electron chi connectivity index (χ0n) is 10.9. The lowest BCUT2D eigenvalue weighted by molar-refractivity contribution is 0.0744. The summed E-state index contributed by atoms with van der Waals surface area (Å²) in [5, 5.41) is 0. The van der Waals surface area contributed by atoms with Crippen LogP contribution in [-0.4, -0.2) is 35.9 Å². The van der Waals surface area contributed by atoms with Crippen molar-refractivity contribution >= 4 is 39.3 Å². The summed E-state index contributed by atoms with van der Waals surface area (Å²) >= 11 is 5.09. The van der Waals surface area contributed by atoms with Crippen LogP contribution in [0.25, 0.3) is 0 Å². The van der Waals surface area contributed by atoms with Crippen molar-refractivity contribution in [3.05, 3.63) is 28.2 Å². The summed E-state index contributed by atoms with van der Waals surface area (Å²) in [6, 6.07) is 5.61. The SMILES string of the molecule is CCC(CSC)N(C)C(=O)c1ccc(Br)cc1N. The molecule has 0 heterocycles. The number of carbonyl (C=O) groups is 1. The maximum absolute atomic E-state index is 12.4. The molecule has 0 radical (unpaired) electrons. The van der Waals surface area contributed by atoms with Gasteiger partial charge in [0.25, 0.3) is 5.91 Å². The number of hydrogen-bond acceptors (Lipinski definition) is 3. The molecule has 0 spiro atoms. The van der Waals surface area contributed by atoms with E-state index in [-0.39, 0.29) is 11.9 Å². The standard InChI is InChI=1S/C13H19BrN2OS/c1-4-10(8-18-3)16(2)13(17)11-6-5-9(14)7-12(11)15/h5-7,10H,4,8,15H2,1-3H3. The summed E-state index contributed by atoms with van der Waals surface area (Å²) < 4.78 is 0.885. The van der Waals surface area contributed by atoms with E-state index in [9.17, 15) is 4.79 Å². The van der Waals surface area contributed by atoms with Crippen molar-refractivity contribution in [2.45, 2.75) is 19.4 Å². The first-order chi connectivity index (χ1) is 8.51. The minimum Gasteiger partial charge on any atom is -0.398 e. The normalized spacial score (nSPS) is 12.2. The van der Waals surface area contributed by atoms with Crippen molar-refractivity contribution in [1.29, 1.82) is 0 Å². The summed E-state index contributed by atoms with van der Waals surface area (Å²) in [5.74, 6) is 0.927. The zero-order chi connectivity index (χ0) is 13.7. The van der Waals surface area contributed by atoms with Crippen LogP contribution >= 0.6 is 27.7 Å². The van der Waals surface area contributed by atoms with E-state index in [1.165, 1.54) is 0 Å². The summed E-state index contributed by atoms with van der Waals surface area (Å²) in [6.07, 6.45) is 2.99. The van der Waals surface area contributed by atoms with E-state index in [0.717, 1.165) is 16.6 Å². The molecule has 3 nitrogen and oxygen atoms in total. The second kappa shape index (κ2) is 7.04. The van der Waals surface area contributed by atoms with Crippen LogP contribution in [0.2, 0.25) is 0 Å². The Bertz CT molecular complexity index is 425. The molecule has 0 bridgehead atoms. The van der Waals surface area contributed by atoms with E-state index in [1.807, 2.05) is 13.1 Å². The monoisotopic (exact) mass is 330 g/mol. The molecular formula is C13H19BrN2OS. The largest absolute Gasteiger partial charge is 0.398 e. The van der Waals surface area contributed by atoms with Gasteiger partial charge >= 0.3 is 0 Å². The number of nitrogens with two attached hydrogens (primary N) is 1. The Hall–Kier alpha value is -0.680. The molecule has 1 atom stereocenters. The molecule has 100 valence electrons. The van der Waals surface area contributed by atoms with Gasteiger partial charge in [0.1, 0.15) is 0 Å². The highest BCUT2D eigenvalue weighted by Gasteiger charge is 2.20. The second-order valence-corrected chi connectivity index (χ2v) is 5.99. The lowest BCUT2D eigenvalue weighted by Gasteiger charge is -2.27. The van der Waals surface area contributed by atoms with Crippen molar-refractivity contribution in [1.82, 2.24) is 4.90 Å². The first-order valence-electron chi connectivity index (χ1n) is 5.82. The smallest absolute Gasteiger partial charge is 0.255 e. The number of halogens is 1. The Morgan fingerprint density at radius 1 is 1.56 bits per heavy atom. The molecule has 5 heteroatoms. The van der Waals surface area contributed by atoms with Gasteiger partial charge in [-0.05, 0) is 30.9 Å². The highest BCUT2D eigenvalue weighted by Crippen LogP contribution is 2.21. The fourth-order valence-electron chi connectivity index (χ4n) is 1.78. The molecule has 2 N–H and O–H groups in total. The maximum Gasteiger partial charge on any atom is 0.255 e. The van der Waals surface area contributed by atoms with Crippen molar-refractivity contribution in [2.75, 3.05) is 24.8 Å². The molecule has 1 aromatic rings. The van der Waals surface area contributed by atoms with Crippen LogP contribution in [-0.2, 0) is 0 Å². The van der Waals surface area contributed by atoms with Gasteiger partial charge in [0.2, 0.25) is 0 Å². The highest BCUT2D eigenvalue weighted by molar-refractivity contribution is 9.10. The van der Waals surface area contributed by atoms with Gasteiger partial charge in [-0.1, -0.05) is 22.9 Å². The van der Waals surface area contributed by atoms with Crippen LogP contribution in [0.15, 0.2) is 22.7 Å². The van der Waals surface area contributed by atoms with Crippen molar-refractivity contribution in [2.24, 2.45) is 0 Å². The van der Waals surface area contributed by atoms with Crippen LogP contribution in [0.1, 0.15) is 23.7 Å². The van der Waals surface area contributed by atoms with Crippen LogP contribution in [0.3, 0.4) is 0 Å². The number of carbonyl (C=O) groups excluding carboxylic acids is 1. The van der Waals surface area contributed by atoms with Gasteiger partial charge in [-0.15, -0.1) is 0 Å². The van der Waals surface area contributed by atoms with Gasteiger partial charge in [0, 0.05) is 29.0 Å². The van der Waals surface area contributed by atoms with Crippen molar-refractivity contribution in [3.8, 4) is 0 Å². The molecule has 1 amide bonds. The minimum atomic E-state index is -0.0131. The first kappa shape index (κ1) is 15.4.